The Kier molecular flexibility index (Phi) is 9.03. The van der Waals surface area contributed by atoms with Gasteiger partial charge in [0.15, 0.2) is 0 Å². The highest BCUT2D eigenvalue weighted by atomic mass is 16.5. The Morgan fingerprint density at radius 1 is 1.16 bits per heavy atom. The van der Waals surface area contributed by atoms with E-state index in [1.54, 1.807) is 30.0 Å². The number of ether oxygens (including phenoxy) is 1. The quantitative estimate of drug-likeness (QED) is 0.616. The summed E-state index contributed by atoms with van der Waals surface area (Å²) in [6.45, 7) is 8.64. The Morgan fingerprint density at radius 2 is 1.84 bits per heavy atom. The van der Waals surface area contributed by atoms with Gasteiger partial charge in [-0.1, -0.05) is 13.8 Å². The third kappa shape index (κ3) is 7.38. The van der Waals surface area contributed by atoms with E-state index in [-0.39, 0.29) is 42.7 Å². The minimum Gasteiger partial charge on any atom is -0.465 e. The summed E-state index contributed by atoms with van der Waals surface area (Å²) in [5.74, 6) is -0.718. The topological polar surface area (TPSA) is 105 Å². The van der Waals surface area contributed by atoms with E-state index in [9.17, 15) is 19.2 Å². The second-order valence-electron chi connectivity index (χ2n) is 8.27. The molecule has 0 spiro atoms. The molecule has 0 aliphatic carbocycles. The average Bonchev–Trinajstić information content (AvgIpc) is 2.72. The zero-order valence-corrected chi connectivity index (χ0v) is 18.8. The smallest absolute Gasteiger partial charge is 0.325 e. The largest absolute Gasteiger partial charge is 0.465 e. The third-order valence-electron chi connectivity index (χ3n) is 5.21. The third-order valence-corrected chi connectivity index (χ3v) is 5.21. The highest BCUT2D eigenvalue weighted by Gasteiger charge is 2.28. The number of likely N-dealkylation sites (tertiary alicyclic amines) is 1. The van der Waals surface area contributed by atoms with Gasteiger partial charge in [0.2, 0.25) is 11.8 Å². The van der Waals surface area contributed by atoms with Crippen molar-refractivity contribution in [1.29, 1.82) is 0 Å². The summed E-state index contributed by atoms with van der Waals surface area (Å²) < 4.78 is 4.80. The van der Waals surface area contributed by atoms with E-state index in [0.29, 0.717) is 43.6 Å². The van der Waals surface area contributed by atoms with Crippen LogP contribution >= 0.6 is 0 Å². The van der Waals surface area contributed by atoms with Gasteiger partial charge in [-0.15, -0.1) is 0 Å². The van der Waals surface area contributed by atoms with Crippen molar-refractivity contribution in [3.63, 3.8) is 0 Å². The molecule has 2 N–H and O–H groups in total. The Morgan fingerprint density at radius 3 is 2.42 bits per heavy atom. The van der Waals surface area contributed by atoms with Crippen LogP contribution in [0.15, 0.2) is 18.2 Å². The lowest BCUT2D eigenvalue weighted by molar-refractivity contribution is -0.144. The summed E-state index contributed by atoms with van der Waals surface area (Å²) in [6, 6.07) is 5.26. The molecule has 0 aromatic heterocycles. The molecule has 170 valence electrons. The molecule has 0 radical (unpaired) electrons. The molecule has 8 heteroatoms. The molecule has 1 aromatic rings. The predicted octanol–water partition coefficient (Wildman–Crippen LogP) is 2.51. The fraction of sp³-hybridized carbons (Fsp3) is 0.565. The molecular weight excluding hydrogens is 398 g/mol. The van der Waals surface area contributed by atoms with E-state index < -0.39 is 5.97 Å². The Bertz CT molecular complexity index is 813. The fourth-order valence-corrected chi connectivity index (χ4v) is 3.55. The molecule has 1 aromatic carbocycles. The lowest BCUT2D eigenvalue weighted by Gasteiger charge is -2.31. The molecule has 1 aliphatic heterocycles. The second-order valence-corrected chi connectivity index (χ2v) is 8.27. The van der Waals surface area contributed by atoms with Gasteiger partial charge < -0.3 is 20.3 Å². The van der Waals surface area contributed by atoms with E-state index in [1.165, 1.54) is 0 Å². The van der Waals surface area contributed by atoms with E-state index >= 15 is 0 Å². The zero-order chi connectivity index (χ0) is 23.0. The first-order valence-electron chi connectivity index (χ1n) is 10.8. The SMILES string of the molecule is CCOC(=O)CNC(=O)C1CCN(C(=O)c2ccc(NC(=O)CC(C)C)c(C)c2)CC1. The highest BCUT2D eigenvalue weighted by molar-refractivity contribution is 5.96. The maximum atomic E-state index is 12.9. The number of benzene rings is 1. The lowest BCUT2D eigenvalue weighted by atomic mass is 9.95. The number of amides is 3. The number of carbonyl (C=O) groups is 4. The molecule has 2 rings (SSSR count). The number of aryl methyl sites for hydroxylation is 1. The monoisotopic (exact) mass is 431 g/mol. The van der Waals surface area contributed by atoms with Crippen LogP contribution in [0, 0.1) is 18.8 Å². The van der Waals surface area contributed by atoms with Crippen molar-refractivity contribution in [2.24, 2.45) is 11.8 Å². The van der Waals surface area contributed by atoms with Crippen LogP contribution in [0.4, 0.5) is 5.69 Å². The summed E-state index contributed by atoms with van der Waals surface area (Å²) in [6.07, 6.45) is 1.54. The van der Waals surface area contributed by atoms with Gasteiger partial charge in [-0.2, -0.15) is 0 Å². The molecule has 0 unspecified atom stereocenters. The number of hydrogen-bond acceptors (Lipinski definition) is 5. The van der Waals surface area contributed by atoms with Crippen LogP contribution in [0.25, 0.3) is 0 Å². The van der Waals surface area contributed by atoms with Crippen molar-refractivity contribution in [3.05, 3.63) is 29.3 Å². The van der Waals surface area contributed by atoms with Crippen LogP contribution in [0.2, 0.25) is 0 Å². The molecule has 0 bridgehead atoms. The van der Waals surface area contributed by atoms with Crippen molar-refractivity contribution >= 4 is 29.4 Å². The first-order valence-corrected chi connectivity index (χ1v) is 10.8. The summed E-state index contributed by atoms with van der Waals surface area (Å²) in [5, 5.41) is 5.49. The highest BCUT2D eigenvalue weighted by Crippen LogP contribution is 2.22. The van der Waals surface area contributed by atoms with E-state index in [2.05, 4.69) is 10.6 Å². The number of nitrogens with one attached hydrogen (secondary N) is 2. The Labute approximate surface area is 183 Å². The maximum absolute atomic E-state index is 12.9. The predicted molar refractivity (Wildman–Crippen MR) is 118 cm³/mol. The van der Waals surface area contributed by atoms with Crippen molar-refractivity contribution in [3.8, 4) is 0 Å². The minimum absolute atomic E-state index is 0.0412. The number of carbonyl (C=O) groups excluding carboxylic acids is 4. The summed E-state index contributed by atoms with van der Waals surface area (Å²) in [5.41, 5.74) is 2.10. The molecule has 1 saturated heterocycles. The summed E-state index contributed by atoms with van der Waals surface area (Å²) in [4.78, 5) is 50.2. The molecular formula is C23H33N3O5. The van der Waals surface area contributed by atoms with Gasteiger partial charge in [0.05, 0.1) is 6.61 Å². The van der Waals surface area contributed by atoms with E-state index in [4.69, 9.17) is 4.74 Å². The molecule has 0 atom stereocenters. The van der Waals surface area contributed by atoms with Crippen LogP contribution in [0.3, 0.4) is 0 Å². The van der Waals surface area contributed by atoms with Gasteiger partial charge in [0.1, 0.15) is 6.54 Å². The molecule has 3 amide bonds. The summed E-state index contributed by atoms with van der Waals surface area (Å²) >= 11 is 0. The van der Waals surface area contributed by atoms with Crippen LogP contribution in [-0.4, -0.2) is 54.8 Å². The first kappa shape index (κ1) is 24.4. The Balaban J connectivity index is 1.88. The normalized spacial score (nSPS) is 14.3. The molecule has 0 saturated carbocycles. The van der Waals surface area contributed by atoms with Crippen LogP contribution < -0.4 is 10.6 Å². The van der Waals surface area contributed by atoms with E-state index in [0.717, 1.165) is 5.56 Å². The van der Waals surface area contributed by atoms with Crippen molar-refractivity contribution in [1.82, 2.24) is 10.2 Å². The molecule has 1 aliphatic rings. The zero-order valence-electron chi connectivity index (χ0n) is 18.8. The number of hydrogen-bond donors (Lipinski definition) is 2. The van der Waals surface area contributed by atoms with Gasteiger partial charge in [-0.3, -0.25) is 19.2 Å². The fourth-order valence-electron chi connectivity index (χ4n) is 3.55. The van der Waals surface area contributed by atoms with Gasteiger partial charge >= 0.3 is 5.97 Å². The molecule has 1 fully saturated rings. The molecule has 31 heavy (non-hydrogen) atoms. The number of nitrogens with zero attached hydrogens (tertiary/aromatic N) is 1. The Hall–Kier alpha value is -2.90. The number of anilines is 1. The van der Waals surface area contributed by atoms with Crippen molar-refractivity contribution < 1.29 is 23.9 Å². The standard InChI is InChI=1S/C23H33N3O5/c1-5-31-21(28)14-24-22(29)17-8-10-26(11-9-17)23(30)18-6-7-19(16(4)13-18)25-20(27)12-15(2)3/h6-7,13,15,17H,5,8-12,14H2,1-4H3,(H,24,29)(H,25,27). The van der Waals surface area contributed by atoms with Gasteiger partial charge in [-0.05, 0) is 56.4 Å². The minimum atomic E-state index is -0.456. The van der Waals surface area contributed by atoms with Crippen LogP contribution in [0.5, 0.6) is 0 Å². The van der Waals surface area contributed by atoms with Crippen LogP contribution in [-0.2, 0) is 19.1 Å². The number of esters is 1. The van der Waals surface area contributed by atoms with E-state index in [1.807, 2.05) is 20.8 Å². The lowest BCUT2D eigenvalue weighted by Crippen LogP contribution is -2.44. The number of rotatable bonds is 8. The second kappa shape index (κ2) is 11.5. The average molecular weight is 432 g/mol. The van der Waals surface area contributed by atoms with Crippen LogP contribution in [0.1, 0.15) is 56.0 Å². The van der Waals surface area contributed by atoms with Gasteiger partial charge in [0.25, 0.3) is 5.91 Å². The van der Waals surface area contributed by atoms with Gasteiger partial charge in [0, 0.05) is 36.7 Å². The van der Waals surface area contributed by atoms with Gasteiger partial charge in [-0.25, -0.2) is 0 Å². The molecule has 1 heterocycles. The number of piperidine rings is 1. The first-order chi connectivity index (χ1) is 14.7. The van der Waals surface area contributed by atoms with Crippen molar-refractivity contribution in [2.75, 3.05) is 31.6 Å². The van der Waals surface area contributed by atoms with Crippen molar-refractivity contribution in [2.45, 2.75) is 47.0 Å². The summed E-state index contributed by atoms with van der Waals surface area (Å²) in [7, 11) is 0. The molecule has 8 nitrogen and oxygen atoms in total. The maximum Gasteiger partial charge on any atom is 0.325 e.